The zero-order valence-electron chi connectivity index (χ0n) is 17.4. The van der Waals surface area contributed by atoms with Gasteiger partial charge in [-0.1, -0.05) is 36.8 Å². The maximum atomic E-state index is 12.9. The fraction of sp³-hybridized carbons (Fsp3) is 0.455. The van der Waals surface area contributed by atoms with Gasteiger partial charge in [-0.2, -0.15) is 5.10 Å². The van der Waals surface area contributed by atoms with Crippen LogP contribution >= 0.6 is 11.3 Å². The first kappa shape index (κ1) is 20.7. The topological polar surface area (TPSA) is 80.1 Å². The largest absolute Gasteiger partial charge is 0.353 e. The lowest BCUT2D eigenvalue weighted by atomic mass is 10.0. The Kier molecular flexibility index (Phi) is 6.24. The van der Waals surface area contributed by atoms with Crippen LogP contribution in [0.1, 0.15) is 31.9 Å². The maximum absolute atomic E-state index is 12.9. The molecule has 3 heterocycles. The van der Waals surface area contributed by atoms with Gasteiger partial charge in [0.05, 0.1) is 10.4 Å². The molecular weight excluding hydrogens is 398 g/mol. The van der Waals surface area contributed by atoms with Crippen LogP contribution < -0.4 is 10.9 Å². The van der Waals surface area contributed by atoms with Gasteiger partial charge in [0.1, 0.15) is 11.6 Å². The molecule has 1 N–H and O–H groups in total. The minimum atomic E-state index is -0.325. The summed E-state index contributed by atoms with van der Waals surface area (Å²) in [5.74, 6) is -0.202. The normalized spacial score (nSPS) is 17.3. The van der Waals surface area contributed by atoms with Crippen LogP contribution in [-0.4, -0.2) is 51.2 Å². The predicted molar refractivity (Wildman–Crippen MR) is 120 cm³/mol. The first-order valence-electron chi connectivity index (χ1n) is 10.5. The summed E-state index contributed by atoms with van der Waals surface area (Å²) in [6.45, 7) is 6.49. The fourth-order valence-corrected chi connectivity index (χ4v) is 4.94. The molecule has 1 amide bonds. The van der Waals surface area contributed by atoms with Crippen molar-refractivity contribution in [2.24, 2.45) is 0 Å². The molecule has 1 saturated heterocycles. The van der Waals surface area contributed by atoms with Crippen molar-refractivity contribution in [1.29, 1.82) is 0 Å². The molecule has 1 aliphatic rings. The van der Waals surface area contributed by atoms with E-state index in [2.05, 4.69) is 27.2 Å². The minimum Gasteiger partial charge on any atom is -0.353 e. The van der Waals surface area contributed by atoms with Crippen LogP contribution in [0.3, 0.4) is 0 Å². The van der Waals surface area contributed by atoms with E-state index < -0.39 is 0 Å². The molecule has 0 unspecified atom stereocenters. The molecule has 0 bridgehead atoms. The van der Waals surface area contributed by atoms with Crippen molar-refractivity contribution in [1.82, 2.24) is 25.0 Å². The quantitative estimate of drug-likeness (QED) is 0.657. The van der Waals surface area contributed by atoms with Crippen LogP contribution in [0.4, 0.5) is 0 Å². The summed E-state index contributed by atoms with van der Waals surface area (Å²) in [6.07, 6.45) is 3.71. The number of likely N-dealkylation sites (tertiary alicyclic amines) is 1. The Morgan fingerprint density at radius 2 is 2.07 bits per heavy atom. The second kappa shape index (κ2) is 9.06. The zero-order valence-corrected chi connectivity index (χ0v) is 18.2. The Bertz CT molecular complexity index is 1090. The van der Waals surface area contributed by atoms with E-state index in [1.807, 2.05) is 37.3 Å². The van der Waals surface area contributed by atoms with Gasteiger partial charge in [-0.15, -0.1) is 11.3 Å². The van der Waals surface area contributed by atoms with Crippen molar-refractivity contribution < 1.29 is 4.79 Å². The number of piperidine rings is 1. The van der Waals surface area contributed by atoms with Gasteiger partial charge in [0, 0.05) is 24.7 Å². The number of thiazole rings is 1. The number of carbonyl (C=O) groups excluding carboxylic acids is 1. The number of benzene rings is 1. The Labute approximate surface area is 179 Å². The molecule has 158 valence electrons. The van der Waals surface area contributed by atoms with Gasteiger partial charge in [0.15, 0.2) is 5.52 Å². The van der Waals surface area contributed by atoms with E-state index >= 15 is 0 Å². The number of rotatable bonds is 6. The number of nitrogens with zero attached hydrogens (tertiary/aromatic N) is 4. The molecule has 8 heteroatoms. The average Bonchev–Trinajstić information content (AvgIpc) is 3.20. The lowest BCUT2D eigenvalue weighted by Crippen LogP contribution is -2.43. The number of aromatic nitrogens is 3. The number of aryl methyl sites for hydroxylation is 1. The van der Waals surface area contributed by atoms with Crippen LogP contribution in [0, 0.1) is 6.92 Å². The van der Waals surface area contributed by atoms with Crippen molar-refractivity contribution >= 4 is 27.5 Å². The highest BCUT2D eigenvalue weighted by molar-refractivity contribution is 7.21. The van der Waals surface area contributed by atoms with Crippen LogP contribution in [0.25, 0.3) is 20.8 Å². The molecule has 0 aliphatic carbocycles. The number of hydrogen-bond donors (Lipinski definition) is 1. The molecular formula is C22H27N5O2S. The number of fused-ring (bicyclic) bond motifs is 1. The van der Waals surface area contributed by atoms with Gasteiger partial charge in [0.2, 0.25) is 5.91 Å². The van der Waals surface area contributed by atoms with Crippen molar-refractivity contribution in [3.8, 4) is 10.6 Å². The standard InChI is InChI=1S/C22H27N5O2S/c1-15-8-6-7-12-26(15)13-11-23-18(28)14-27-22(29)19-20(16(2)25-27)30-21(24-19)17-9-4-3-5-10-17/h3-5,9-10,15H,6-8,11-14H2,1-2H3,(H,23,28)/t15-/m1/s1. The average molecular weight is 426 g/mol. The van der Waals surface area contributed by atoms with E-state index in [0.29, 0.717) is 23.8 Å². The molecule has 0 saturated carbocycles. The second-order valence-corrected chi connectivity index (χ2v) is 8.84. The maximum Gasteiger partial charge on any atom is 0.294 e. The highest BCUT2D eigenvalue weighted by atomic mass is 32.1. The summed E-state index contributed by atoms with van der Waals surface area (Å²) in [7, 11) is 0. The first-order chi connectivity index (χ1) is 14.5. The molecule has 3 aromatic rings. The SMILES string of the molecule is Cc1nn(CC(=O)NCCN2CCCC[C@H]2C)c(=O)c2nc(-c3ccccc3)sc12. The Hall–Kier alpha value is -2.58. The van der Waals surface area contributed by atoms with E-state index in [-0.39, 0.29) is 18.0 Å². The Morgan fingerprint density at radius 3 is 2.83 bits per heavy atom. The second-order valence-electron chi connectivity index (χ2n) is 7.84. The van der Waals surface area contributed by atoms with Crippen molar-refractivity contribution in [3.05, 3.63) is 46.4 Å². The third kappa shape index (κ3) is 4.44. The summed E-state index contributed by atoms with van der Waals surface area (Å²) in [4.78, 5) is 32.3. The predicted octanol–water partition coefficient (Wildman–Crippen LogP) is 2.82. The molecule has 1 fully saturated rings. The molecule has 7 nitrogen and oxygen atoms in total. The molecule has 0 spiro atoms. The number of carbonyl (C=O) groups is 1. The molecule has 30 heavy (non-hydrogen) atoms. The van der Waals surface area contributed by atoms with Gasteiger partial charge in [-0.05, 0) is 33.2 Å². The highest BCUT2D eigenvalue weighted by Crippen LogP contribution is 2.29. The van der Waals surface area contributed by atoms with Crippen molar-refractivity contribution in [2.75, 3.05) is 19.6 Å². The molecule has 0 radical (unpaired) electrons. The molecule has 1 aromatic carbocycles. The van der Waals surface area contributed by atoms with E-state index in [0.717, 1.165) is 28.4 Å². The molecule has 1 aliphatic heterocycles. The summed E-state index contributed by atoms with van der Waals surface area (Å²) < 4.78 is 2.00. The van der Waals surface area contributed by atoms with Gasteiger partial charge < -0.3 is 5.32 Å². The van der Waals surface area contributed by atoms with Crippen molar-refractivity contribution in [3.63, 3.8) is 0 Å². The molecule has 1 atom stereocenters. The van der Waals surface area contributed by atoms with Gasteiger partial charge in [-0.3, -0.25) is 14.5 Å². The monoisotopic (exact) mass is 425 g/mol. The van der Waals surface area contributed by atoms with E-state index in [9.17, 15) is 9.59 Å². The minimum absolute atomic E-state index is 0.0939. The van der Waals surface area contributed by atoms with Crippen LogP contribution in [-0.2, 0) is 11.3 Å². The Balaban J connectivity index is 1.45. The molecule has 2 aromatic heterocycles. The summed E-state index contributed by atoms with van der Waals surface area (Å²) in [5, 5.41) is 8.07. The van der Waals surface area contributed by atoms with Gasteiger partial charge in [0.25, 0.3) is 5.56 Å². The highest BCUT2D eigenvalue weighted by Gasteiger charge is 2.19. The third-order valence-corrected chi connectivity index (χ3v) is 6.85. The summed E-state index contributed by atoms with van der Waals surface area (Å²) in [5.41, 5.74) is 1.73. The van der Waals surface area contributed by atoms with E-state index in [4.69, 9.17) is 0 Å². The first-order valence-corrected chi connectivity index (χ1v) is 11.3. The summed E-state index contributed by atoms with van der Waals surface area (Å²) in [6, 6.07) is 10.3. The lowest BCUT2D eigenvalue weighted by molar-refractivity contribution is -0.122. The van der Waals surface area contributed by atoms with Gasteiger partial charge >= 0.3 is 0 Å². The van der Waals surface area contributed by atoms with Crippen LogP contribution in [0.5, 0.6) is 0 Å². The van der Waals surface area contributed by atoms with E-state index in [1.165, 1.54) is 35.3 Å². The third-order valence-electron chi connectivity index (χ3n) is 5.64. The number of amides is 1. The number of hydrogen-bond acceptors (Lipinski definition) is 6. The van der Waals surface area contributed by atoms with Crippen LogP contribution in [0.15, 0.2) is 35.1 Å². The van der Waals surface area contributed by atoms with E-state index in [1.54, 1.807) is 0 Å². The smallest absolute Gasteiger partial charge is 0.294 e. The Morgan fingerprint density at radius 1 is 1.27 bits per heavy atom. The lowest BCUT2D eigenvalue weighted by Gasteiger charge is -2.33. The van der Waals surface area contributed by atoms with Crippen molar-refractivity contribution in [2.45, 2.75) is 45.7 Å². The fourth-order valence-electron chi connectivity index (χ4n) is 3.94. The summed E-state index contributed by atoms with van der Waals surface area (Å²) >= 11 is 1.46. The molecule has 4 rings (SSSR count). The van der Waals surface area contributed by atoms with Gasteiger partial charge in [-0.25, -0.2) is 9.67 Å². The number of nitrogens with one attached hydrogen (secondary N) is 1. The zero-order chi connectivity index (χ0) is 21.1. The van der Waals surface area contributed by atoms with Crippen LogP contribution in [0.2, 0.25) is 0 Å².